The van der Waals surface area contributed by atoms with Gasteiger partial charge in [0.05, 0.1) is 56.7 Å². The number of ether oxygens (including phenoxy) is 3. The predicted molar refractivity (Wildman–Crippen MR) is 213 cm³/mol. The van der Waals surface area contributed by atoms with Crippen LogP contribution in [0.15, 0.2) is 84.9 Å². The highest BCUT2D eigenvalue weighted by Crippen LogP contribution is 2.36. The van der Waals surface area contributed by atoms with E-state index >= 15 is 4.39 Å². The number of carbonyl (C=O) groups excluding carboxylic acids is 2. The van der Waals surface area contributed by atoms with Crippen LogP contribution >= 0.6 is 0 Å². The molecule has 0 bridgehead atoms. The lowest BCUT2D eigenvalue weighted by Crippen LogP contribution is -2.52. The van der Waals surface area contributed by atoms with Crippen LogP contribution in [0.1, 0.15) is 54.2 Å². The number of rotatable bonds is 10. The van der Waals surface area contributed by atoms with E-state index in [4.69, 9.17) is 14.2 Å². The average molecular weight is 756 g/mol. The van der Waals surface area contributed by atoms with Gasteiger partial charge in [0.2, 0.25) is 0 Å². The van der Waals surface area contributed by atoms with Crippen molar-refractivity contribution < 1.29 is 28.2 Å². The third-order valence-corrected chi connectivity index (χ3v) is 11.3. The summed E-state index contributed by atoms with van der Waals surface area (Å²) in [5.74, 6) is -0.493. The number of nitriles is 1. The lowest BCUT2D eigenvalue weighted by atomic mass is 9.92. The minimum Gasteiger partial charge on any atom is -0.496 e. The molecule has 2 aliphatic rings. The second-order valence-electron chi connectivity index (χ2n) is 14.4. The number of aromatic nitrogens is 1. The number of benzene rings is 4. The Bertz CT molecular complexity index is 2310. The first kappa shape index (κ1) is 38.3. The van der Waals surface area contributed by atoms with Crippen molar-refractivity contribution in [3.63, 3.8) is 0 Å². The first-order chi connectivity index (χ1) is 27.1. The molecule has 10 nitrogen and oxygen atoms in total. The number of fused-ring (bicyclic) bond motifs is 1. The Morgan fingerprint density at radius 2 is 1.62 bits per heavy atom. The molecule has 3 heterocycles. The zero-order chi connectivity index (χ0) is 39.5. The fourth-order valence-corrected chi connectivity index (χ4v) is 7.86. The van der Waals surface area contributed by atoms with E-state index in [0.717, 1.165) is 29.8 Å². The standard InChI is InChI=1S/C45H46FN5O5/c1-29-33(11-8-12-42(29)54-4)26-50(35-15-13-31(25-47)14-16-35)44(52)37-23-41(48(3)30(37)2)38-22-40(46)43(55-5)24-39(38)45(53)51-27-34-10-7-6-9-32(34)21-36(51)28-49-17-19-56-20-18-49/h6-16,22-24,36H,17-21,26-28H2,1-5H3/t36-/m0/s1. The van der Waals surface area contributed by atoms with Crippen LogP contribution in [0, 0.1) is 31.0 Å². The average Bonchev–Trinajstić information content (AvgIpc) is 3.52. The van der Waals surface area contributed by atoms with E-state index in [1.807, 2.05) is 60.7 Å². The molecule has 2 aliphatic heterocycles. The second kappa shape index (κ2) is 16.4. The van der Waals surface area contributed by atoms with E-state index in [9.17, 15) is 14.9 Å². The summed E-state index contributed by atoms with van der Waals surface area (Å²) in [7, 11) is 4.81. The summed E-state index contributed by atoms with van der Waals surface area (Å²) in [6.45, 7) is 7.95. The predicted octanol–water partition coefficient (Wildman–Crippen LogP) is 7.08. The van der Waals surface area contributed by atoms with Gasteiger partial charge in [-0.25, -0.2) is 4.39 Å². The molecule has 5 aromatic rings. The highest BCUT2D eigenvalue weighted by molar-refractivity contribution is 6.08. The van der Waals surface area contributed by atoms with Gasteiger partial charge < -0.3 is 28.6 Å². The largest absolute Gasteiger partial charge is 0.496 e. The molecule has 0 unspecified atom stereocenters. The summed E-state index contributed by atoms with van der Waals surface area (Å²) in [5.41, 5.74) is 7.32. The number of methoxy groups -OCH3 is 2. The van der Waals surface area contributed by atoms with Crippen LogP contribution < -0.4 is 14.4 Å². The molecule has 0 radical (unpaired) electrons. The van der Waals surface area contributed by atoms with E-state index in [2.05, 4.69) is 23.1 Å². The maximum Gasteiger partial charge on any atom is 0.260 e. The number of morpholine rings is 1. The molecule has 1 fully saturated rings. The minimum atomic E-state index is -0.618. The fourth-order valence-electron chi connectivity index (χ4n) is 7.86. The summed E-state index contributed by atoms with van der Waals surface area (Å²) in [6.07, 6.45) is 0.687. The van der Waals surface area contributed by atoms with Crippen molar-refractivity contribution in [2.45, 2.75) is 39.4 Å². The molecule has 56 heavy (non-hydrogen) atoms. The van der Waals surface area contributed by atoms with E-state index in [1.54, 1.807) is 42.3 Å². The van der Waals surface area contributed by atoms with Crippen molar-refractivity contribution in [1.82, 2.24) is 14.4 Å². The molecular weight excluding hydrogens is 710 g/mol. The molecule has 11 heteroatoms. The molecule has 0 spiro atoms. The van der Waals surface area contributed by atoms with Gasteiger partial charge in [-0.1, -0.05) is 36.4 Å². The molecule has 1 aromatic heterocycles. The quantitative estimate of drug-likeness (QED) is 0.150. The number of halogens is 1. The van der Waals surface area contributed by atoms with E-state index in [1.165, 1.54) is 24.8 Å². The first-order valence-corrected chi connectivity index (χ1v) is 18.8. The molecule has 0 aliphatic carbocycles. The number of amides is 2. The molecule has 7 rings (SSSR count). The third kappa shape index (κ3) is 7.50. The maximum absolute atomic E-state index is 15.8. The fraction of sp³-hybridized carbons (Fsp3) is 0.311. The highest BCUT2D eigenvalue weighted by Gasteiger charge is 2.35. The van der Waals surface area contributed by atoms with Gasteiger partial charge in [0.25, 0.3) is 11.8 Å². The Hall–Kier alpha value is -5.96. The van der Waals surface area contributed by atoms with Crippen molar-refractivity contribution in [3.05, 3.63) is 135 Å². The molecular formula is C45H46FN5O5. The van der Waals surface area contributed by atoms with Gasteiger partial charge in [-0.2, -0.15) is 5.26 Å². The van der Waals surface area contributed by atoms with Crippen LogP contribution in [0.2, 0.25) is 0 Å². The van der Waals surface area contributed by atoms with Gasteiger partial charge in [0.15, 0.2) is 11.6 Å². The molecule has 288 valence electrons. The van der Waals surface area contributed by atoms with E-state index in [-0.39, 0.29) is 35.7 Å². The van der Waals surface area contributed by atoms with Gasteiger partial charge in [-0.05, 0) is 91.1 Å². The zero-order valence-corrected chi connectivity index (χ0v) is 32.5. The minimum absolute atomic E-state index is 0.0397. The van der Waals surface area contributed by atoms with Crippen molar-refractivity contribution in [1.29, 1.82) is 5.26 Å². The van der Waals surface area contributed by atoms with Crippen LogP contribution in [-0.2, 0) is 31.3 Å². The van der Waals surface area contributed by atoms with Gasteiger partial charge in [0, 0.05) is 61.9 Å². The Balaban J connectivity index is 1.30. The second-order valence-corrected chi connectivity index (χ2v) is 14.4. The molecule has 0 saturated carbocycles. The highest BCUT2D eigenvalue weighted by atomic mass is 19.1. The summed E-state index contributed by atoms with van der Waals surface area (Å²) in [5, 5.41) is 9.47. The number of carbonyl (C=O) groups is 2. The van der Waals surface area contributed by atoms with Gasteiger partial charge in [-0.3, -0.25) is 14.5 Å². The van der Waals surface area contributed by atoms with Crippen LogP contribution in [0.5, 0.6) is 11.5 Å². The number of anilines is 1. The summed E-state index contributed by atoms with van der Waals surface area (Å²) in [4.78, 5) is 35.7. The van der Waals surface area contributed by atoms with E-state index < -0.39 is 5.82 Å². The van der Waals surface area contributed by atoms with Crippen molar-refractivity contribution in [2.24, 2.45) is 7.05 Å². The lowest BCUT2D eigenvalue weighted by molar-refractivity contribution is 0.0193. The van der Waals surface area contributed by atoms with Crippen molar-refractivity contribution >= 4 is 17.5 Å². The molecule has 4 aromatic carbocycles. The first-order valence-electron chi connectivity index (χ1n) is 18.8. The monoisotopic (exact) mass is 755 g/mol. The van der Waals surface area contributed by atoms with Crippen molar-refractivity contribution in [2.75, 3.05) is 52.0 Å². The van der Waals surface area contributed by atoms with Crippen LogP contribution in [-0.4, -0.2) is 79.3 Å². The molecule has 1 saturated heterocycles. The zero-order valence-electron chi connectivity index (χ0n) is 32.5. The van der Waals surface area contributed by atoms with Crippen LogP contribution in [0.4, 0.5) is 10.1 Å². The van der Waals surface area contributed by atoms with Gasteiger partial charge in [-0.15, -0.1) is 0 Å². The summed E-state index contributed by atoms with van der Waals surface area (Å²) >= 11 is 0. The third-order valence-electron chi connectivity index (χ3n) is 11.3. The Morgan fingerprint density at radius 1 is 0.911 bits per heavy atom. The number of nitrogens with zero attached hydrogens (tertiary/aromatic N) is 5. The van der Waals surface area contributed by atoms with E-state index in [0.29, 0.717) is 72.2 Å². The number of hydrogen-bond acceptors (Lipinski definition) is 7. The van der Waals surface area contributed by atoms with Crippen LogP contribution in [0.3, 0.4) is 0 Å². The Morgan fingerprint density at radius 3 is 2.32 bits per heavy atom. The molecule has 0 N–H and O–H groups in total. The lowest BCUT2D eigenvalue weighted by Gasteiger charge is -2.40. The Labute approximate surface area is 327 Å². The smallest absolute Gasteiger partial charge is 0.260 e. The summed E-state index contributed by atoms with van der Waals surface area (Å²) < 4.78 is 34.2. The molecule has 2 amide bonds. The Kier molecular flexibility index (Phi) is 11.2. The number of hydrogen-bond donors (Lipinski definition) is 0. The SMILES string of the molecule is COc1cc(C(=O)N2Cc3ccccc3C[C@H]2CN2CCOCC2)c(-c2cc(C(=O)N(Cc3cccc(OC)c3C)c3ccc(C#N)cc3)c(C)n2C)cc1F. The van der Waals surface area contributed by atoms with Gasteiger partial charge in [0.1, 0.15) is 5.75 Å². The topological polar surface area (TPSA) is 100 Å². The maximum atomic E-state index is 15.8. The van der Waals surface area contributed by atoms with Crippen molar-refractivity contribution in [3.8, 4) is 28.8 Å². The molecule has 1 atom stereocenters. The van der Waals surface area contributed by atoms with Gasteiger partial charge >= 0.3 is 0 Å². The normalized spacial score (nSPS) is 15.5. The van der Waals surface area contributed by atoms with Crippen LogP contribution in [0.25, 0.3) is 11.3 Å². The summed E-state index contributed by atoms with van der Waals surface area (Å²) in [6, 6.07) is 27.3.